The van der Waals surface area contributed by atoms with E-state index >= 15 is 0 Å². The Hall–Kier alpha value is -0.610. The van der Waals surface area contributed by atoms with Crippen LogP contribution in [0, 0.1) is 12.8 Å². The minimum absolute atomic E-state index is 0.129. The Balaban J connectivity index is 2.26. The average molecular weight is 268 g/mol. The number of hydrogen-bond acceptors (Lipinski definition) is 4. The lowest BCUT2D eigenvalue weighted by atomic mass is 10.1. The predicted octanol–water partition coefficient (Wildman–Crippen LogP) is 3.72. The van der Waals surface area contributed by atoms with Gasteiger partial charge in [-0.3, -0.25) is 4.79 Å². The van der Waals surface area contributed by atoms with Crippen LogP contribution in [0.5, 0.6) is 0 Å². The van der Waals surface area contributed by atoms with Gasteiger partial charge in [-0.2, -0.15) is 0 Å². The van der Waals surface area contributed by atoms with Crippen LogP contribution in [0.15, 0.2) is 28.0 Å². The van der Waals surface area contributed by atoms with E-state index in [1.165, 1.54) is 22.5 Å². The van der Waals surface area contributed by atoms with Crippen molar-refractivity contribution in [3.8, 4) is 0 Å². The van der Waals surface area contributed by atoms with Crippen molar-refractivity contribution >= 4 is 29.5 Å². The van der Waals surface area contributed by atoms with Crippen molar-refractivity contribution in [2.24, 2.45) is 5.92 Å². The fraction of sp³-hybridized carbons (Fsp3) is 0.462. The lowest BCUT2D eigenvalue weighted by Crippen LogP contribution is -2.30. The molecule has 0 bridgehead atoms. The lowest BCUT2D eigenvalue weighted by Gasteiger charge is -2.27. The Kier molecular flexibility index (Phi) is 3.46. The molecular weight excluding hydrogens is 252 g/mol. The zero-order chi connectivity index (χ0) is 12.6. The van der Waals surface area contributed by atoms with E-state index in [0.29, 0.717) is 0 Å². The molecule has 0 aliphatic carbocycles. The number of fused-ring (bicyclic) bond motifs is 1. The largest absolute Gasteiger partial charge is 0.469 e. The molecule has 1 aliphatic heterocycles. The molecule has 1 aromatic rings. The number of carbonyl (C=O) groups is 1. The third-order valence-corrected chi connectivity index (χ3v) is 6.35. The maximum absolute atomic E-state index is 11.7. The molecule has 1 heterocycles. The van der Waals surface area contributed by atoms with Crippen LogP contribution in [0.1, 0.15) is 19.4 Å². The molecule has 92 valence electrons. The number of hydrogen-bond donors (Lipinski definition) is 0. The Morgan fingerprint density at radius 2 is 2.00 bits per heavy atom. The molecular formula is C13H16O2S2. The summed E-state index contributed by atoms with van der Waals surface area (Å²) in [5, 5.41) is 0. The van der Waals surface area contributed by atoms with Gasteiger partial charge >= 0.3 is 5.97 Å². The van der Waals surface area contributed by atoms with Crippen LogP contribution in [0.25, 0.3) is 0 Å². The summed E-state index contributed by atoms with van der Waals surface area (Å²) in [5.74, 6) is -0.271. The first-order valence-electron chi connectivity index (χ1n) is 5.53. The summed E-state index contributed by atoms with van der Waals surface area (Å²) in [4.78, 5) is 14.2. The second kappa shape index (κ2) is 4.58. The summed E-state index contributed by atoms with van der Waals surface area (Å²) in [5.41, 5.74) is 1.26. The van der Waals surface area contributed by atoms with Crippen molar-refractivity contribution < 1.29 is 9.53 Å². The zero-order valence-corrected chi connectivity index (χ0v) is 12.1. The van der Waals surface area contributed by atoms with Crippen molar-refractivity contribution in [1.82, 2.24) is 0 Å². The number of benzene rings is 1. The fourth-order valence-corrected chi connectivity index (χ4v) is 4.89. The van der Waals surface area contributed by atoms with Gasteiger partial charge in [-0.05, 0) is 38.5 Å². The zero-order valence-electron chi connectivity index (χ0n) is 10.4. The molecule has 0 radical (unpaired) electrons. The molecule has 1 aromatic carbocycles. The van der Waals surface area contributed by atoms with Gasteiger partial charge in [0.2, 0.25) is 0 Å². The fourth-order valence-electron chi connectivity index (χ4n) is 1.80. The molecule has 0 fully saturated rings. The molecule has 0 N–H and O–H groups in total. The van der Waals surface area contributed by atoms with Gasteiger partial charge in [0, 0.05) is 9.79 Å². The van der Waals surface area contributed by atoms with Crippen LogP contribution < -0.4 is 0 Å². The predicted molar refractivity (Wildman–Crippen MR) is 72.5 cm³/mol. The smallest absolute Gasteiger partial charge is 0.310 e. The van der Waals surface area contributed by atoms with Crippen LogP contribution in [-0.2, 0) is 9.53 Å². The molecule has 2 rings (SSSR count). The molecule has 0 saturated carbocycles. The third kappa shape index (κ3) is 2.33. The second-order valence-electron chi connectivity index (χ2n) is 4.42. The van der Waals surface area contributed by atoms with E-state index in [-0.39, 0.29) is 16.0 Å². The number of esters is 1. The van der Waals surface area contributed by atoms with Crippen LogP contribution in [-0.4, -0.2) is 17.2 Å². The van der Waals surface area contributed by atoms with E-state index in [1.807, 2.05) is 6.92 Å². The number of thioether (sulfide) groups is 2. The van der Waals surface area contributed by atoms with E-state index in [2.05, 4.69) is 32.0 Å². The molecule has 17 heavy (non-hydrogen) atoms. The normalized spacial score (nSPS) is 24.2. The molecule has 1 aliphatic rings. The molecule has 0 amide bonds. The van der Waals surface area contributed by atoms with Crippen LogP contribution in [0.2, 0.25) is 0 Å². The van der Waals surface area contributed by atoms with E-state index < -0.39 is 0 Å². The summed E-state index contributed by atoms with van der Waals surface area (Å²) in [6, 6.07) is 6.43. The van der Waals surface area contributed by atoms with Crippen LogP contribution in [0.4, 0.5) is 0 Å². The van der Waals surface area contributed by atoms with Crippen LogP contribution in [0.3, 0.4) is 0 Å². The van der Waals surface area contributed by atoms with Gasteiger partial charge in [0.05, 0.1) is 17.1 Å². The van der Waals surface area contributed by atoms with Gasteiger partial charge in [-0.25, -0.2) is 0 Å². The van der Waals surface area contributed by atoms with Gasteiger partial charge in [-0.1, -0.05) is 6.07 Å². The highest BCUT2D eigenvalue weighted by Crippen LogP contribution is 2.59. The number of ether oxygens (including phenoxy) is 1. The first kappa shape index (κ1) is 12.8. The SMILES string of the molecule is COC(=O)C(C)C1(C)Sc2ccc(C)cc2S1. The molecule has 2 nitrogen and oxygen atoms in total. The van der Waals surface area contributed by atoms with E-state index in [4.69, 9.17) is 4.74 Å². The van der Waals surface area contributed by atoms with Gasteiger partial charge in [-0.15, -0.1) is 23.5 Å². The van der Waals surface area contributed by atoms with E-state index in [1.54, 1.807) is 23.5 Å². The van der Waals surface area contributed by atoms with Gasteiger partial charge < -0.3 is 4.74 Å². The quantitative estimate of drug-likeness (QED) is 0.764. The number of methoxy groups -OCH3 is 1. The van der Waals surface area contributed by atoms with Gasteiger partial charge in [0.25, 0.3) is 0 Å². The molecule has 2 unspecified atom stereocenters. The second-order valence-corrected chi connectivity index (χ2v) is 7.66. The average Bonchev–Trinajstić information content (AvgIpc) is 2.64. The Morgan fingerprint density at radius 1 is 1.35 bits per heavy atom. The Morgan fingerprint density at radius 3 is 2.65 bits per heavy atom. The summed E-state index contributed by atoms with van der Waals surface area (Å²) in [6.07, 6.45) is 0. The van der Waals surface area contributed by atoms with Crippen molar-refractivity contribution in [3.05, 3.63) is 23.8 Å². The summed E-state index contributed by atoms with van der Waals surface area (Å²) < 4.78 is 4.68. The minimum Gasteiger partial charge on any atom is -0.469 e. The first-order valence-corrected chi connectivity index (χ1v) is 7.16. The standard InChI is InChI=1S/C13H16O2S2/c1-8-5-6-10-11(7-8)17-13(3,16-10)9(2)12(14)15-4/h5-7,9H,1-4H3. The van der Waals surface area contributed by atoms with E-state index in [0.717, 1.165) is 0 Å². The third-order valence-electron chi connectivity index (χ3n) is 3.07. The summed E-state index contributed by atoms with van der Waals surface area (Å²) in [6.45, 7) is 6.13. The molecule has 0 aromatic heterocycles. The molecule has 0 saturated heterocycles. The number of aryl methyl sites for hydroxylation is 1. The van der Waals surface area contributed by atoms with Crippen molar-refractivity contribution in [3.63, 3.8) is 0 Å². The Labute approximate surface area is 111 Å². The first-order chi connectivity index (χ1) is 7.96. The topological polar surface area (TPSA) is 26.3 Å². The van der Waals surface area contributed by atoms with Gasteiger partial charge in [0.1, 0.15) is 0 Å². The highest BCUT2D eigenvalue weighted by molar-refractivity contribution is 8.20. The van der Waals surface area contributed by atoms with Crippen molar-refractivity contribution in [1.29, 1.82) is 0 Å². The highest BCUT2D eigenvalue weighted by Gasteiger charge is 2.43. The van der Waals surface area contributed by atoms with E-state index in [9.17, 15) is 4.79 Å². The van der Waals surface area contributed by atoms with Crippen molar-refractivity contribution in [2.45, 2.75) is 34.6 Å². The highest BCUT2D eigenvalue weighted by atomic mass is 32.2. The van der Waals surface area contributed by atoms with Crippen molar-refractivity contribution in [2.75, 3.05) is 7.11 Å². The number of rotatable bonds is 2. The molecule has 2 atom stereocenters. The molecule has 4 heteroatoms. The van der Waals surface area contributed by atoms with Gasteiger partial charge in [0.15, 0.2) is 0 Å². The maximum Gasteiger partial charge on any atom is 0.310 e. The summed E-state index contributed by atoms with van der Waals surface area (Å²) in [7, 11) is 1.45. The Bertz CT molecular complexity index is 459. The maximum atomic E-state index is 11.7. The minimum atomic E-state index is -0.163. The summed E-state index contributed by atoms with van der Waals surface area (Å²) >= 11 is 3.53. The van der Waals surface area contributed by atoms with Crippen LogP contribution >= 0.6 is 23.5 Å². The lowest BCUT2D eigenvalue weighted by molar-refractivity contribution is -0.144. The monoisotopic (exact) mass is 268 g/mol. The molecule has 0 spiro atoms. The number of carbonyl (C=O) groups excluding carboxylic acids is 1.